The molecule has 0 aliphatic heterocycles. The molecule has 0 aliphatic carbocycles. The van der Waals surface area contributed by atoms with Crippen LogP contribution < -0.4 is 9.62 Å². The number of anilines is 1. The molecular weight excluding hydrogens is 396 g/mol. The molecule has 0 saturated heterocycles. The van der Waals surface area contributed by atoms with Gasteiger partial charge in [-0.1, -0.05) is 65.7 Å². The Morgan fingerprint density at radius 1 is 0.867 bits per heavy atom. The second-order valence-corrected chi connectivity index (χ2v) is 9.22. The van der Waals surface area contributed by atoms with Gasteiger partial charge in [0.15, 0.2) is 0 Å². The zero-order valence-corrected chi connectivity index (χ0v) is 18.2. The van der Waals surface area contributed by atoms with Crippen LogP contribution in [-0.4, -0.2) is 20.9 Å². The molecule has 1 N–H and O–H groups in total. The lowest BCUT2D eigenvalue weighted by Gasteiger charge is -2.25. The first-order chi connectivity index (χ1) is 14.3. The number of hydrogen-bond acceptors (Lipinski definition) is 3. The maximum absolute atomic E-state index is 13.3. The van der Waals surface area contributed by atoms with E-state index in [2.05, 4.69) is 5.32 Å². The van der Waals surface area contributed by atoms with Crippen molar-refractivity contribution in [2.75, 3.05) is 10.8 Å². The molecule has 0 radical (unpaired) electrons. The highest BCUT2D eigenvalue weighted by atomic mass is 32.2. The maximum Gasteiger partial charge on any atom is 0.264 e. The Bertz CT molecular complexity index is 1090. The SMILES string of the molecule is Cc1ccc([C@H](C)NC(=O)CN(c2ccc(C)cc2)S(=O)(=O)c2ccccc2)cc1. The summed E-state index contributed by atoms with van der Waals surface area (Å²) in [4.78, 5) is 12.9. The molecule has 0 heterocycles. The van der Waals surface area contributed by atoms with Crippen LogP contribution in [0.3, 0.4) is 0 Å². The Morgan fingerprint density at radius 3 is 1.97 bits per heavy atom. The van der Waals surface area contributed by atoms with E-state index >= 15 is 0 Å². The molecule has 30 heavy (non-hydrogen) atoms. The monoisotopic (exact) mass is 422 g/mol. The number of benzene rings is 3. The van der Waals surface area contributed by atoms with Gasteiger partial charge >= 0.3 is 0 Å². The summed E-state index contributed by atoms with van der Waals surface area (Å²) in [6, 6.07) is 22.9. The van der Waals surface area contributed by atoms with Crippen molar-refractivity contribution in [3.63, 3.8) is 0 Å². The molecule has 0 aliphatic rings. The van der Waals surface area contributed by atoms with Crippen LogP contribution in [0.5, 0.6) is 0 Å². The average molecular weight is 423 g/mol. The number of sulfonamides is 1. The third-order valence-electron chi connectivity index (χ3n) is 4.90. The number of nitrogens with one attached hydrogen (secondary N) is 1. The van der Waals surface area contributed by atoms with Gasteiger partial charge in [0.2, 0.25) is 5.91 Å². The second kappa shape index (κ2) is 9.13. The molecule has 0 bridgehead atoms. The number of nitrogens with zero attached hydrogens (tertiary/aromatic N) is 1. The Kier molecular flexibility index (Phi) is 6.57. The van der Waals surface area contributed by atoms with E-state index < -0.39 is 10.0 Å². The topological polar surface area (TPSA) is 66.5 Å². The Morgan fingerprint density at radius 2 is 1.40 bits per heavy atom. The van der Waals surface area contributed by atoms with Crippen molar-refractivity contribution in [2.24, 2.45) is 0 Å². The molecule has 5 nitrogen and oxygen atoms in total. The summed E-state index contributed by atoms with van der Waals surface area (Å²) in [6.45, 7) is 5.50. The largest absolute Gasteiger partial charge is 0.348 e. The summed E-state index contributed by atoms with van der Waals surface area (Å²) >= 11 is 0. The van der Waals surface area contributed by atoms with Gasteiger partial charge in [-0.3, -0.25) is 9.10 Å². The molecule has 3 aromatic carbocycles. The van der Waals surface area contributed by atoms with E-state index in [1.807, 2.05) is 57.2 Å². The van der Waals surface area contributed by atoms with Crippen molar-refractivity contribution < 1.29 is 13.2 Å². The summed E-state index contributed by atoms with van der Waals surface area (Å²) < 4.78 is 27.7. The summed E-state index contributed by atoms with van der Waals surface area (Å²) in [5.74, 6) is -0.372. The number of carbonyl (C=O) groups excluding carboxylic acids is 1. The molecule has 1 amide bonds. The third-order valence-corrected chi connectivity index (χ3v) is 6.68. The van der Waals surface area contributed by atoms with Crippen LogP contribution in [0.25, 0.3) is 0 Å². The highest BCUT2D eigenvalue weighted by Gasteiger charge is 2.27. The van der Waals surface area contributed by atoms with Gasteiger partial charge in [0, 0.05) is 0 Å². The van der Waals surface area contributed by atoms with Crippen molar-refractivity contribution in [2.45, 2.75) is 31.7 Å². The highest BCUT2D eigenvalue weighted by Crippen LogP contribution is 2.24. The first-order valence-corrected chi connectivity index (χ1v) is 11.2. The van der Waals surface area contributed by atoms with Crippen molar-refractivity contribution in [3.8, 4) is 0 Å². The van der Waals surface area contributed by atoms with Gasteiger partial charge in [-0.25, -0.2) is 8.42 Å². The van der Waals surface area contributed by atoms with Crippen molar-refractivity contribution in [3.05, 3.63) is 95.6 Å². The number of amides is 1. The second-order valence-electron chi connectivity index (χ2n) is 7.36. The fraction of sp³-hybridized carbons (Fsp3) is 0.208. The average Bonchev–Trinajstić information content (AvgIpc) is 2.74. The summed E-state index contributed by atoms with van der Waals surface area (Å²) in [5, 5.41) is 2.91. The molecule has 6 heteroatoms. The van der Waals surface area contributed by atoms with E-state index in [1.54, 1.807) is 30.3 Å². The van der Waals surface area contributed by atoms with Gasteiger partial charge in [0.05, 0.1) is 16.6 Å². The van der Waals surface area contributed by atoms with Crippen LogP contribution in [0, 0.1) is 13.8 Å². The first kappa shape index (κ1) is 21.6. The normalized spacial score (nSPS) is 12.2. The molecule has 3 aromatic rings. The fourth-order valence-corrected chi connectivity index (χ4v) is 4.54. The minimum Gasteiger partial charge on any atom is -0.348 e. The summed E-state index contributed by atoms with van der Waals surface area (Å²) in [7, 11) is -3.90. The van der Waals surface area contributed by atoms with E-state index in [0.717, 1.165) is 21.0 Å². The Labute approximate surface area is 178 Å². The van der Waals surface area contributed by atoms with E-state index in [0.29, 0.717) is 5.69 Å². The van der Waals surface area contributed by atoms with Crippen molar-refractivity contribution >= 4 is 21.6 Å². The molecule has 0 saturated carbocycles. The lowest BCUT2D eigenvalue weighted by atomic mass is 10.1. The summed E-state index contributed by atoms with van der Waals surface area (Å²) in [6.07, 6.45) is 0. The number of aryl methyl sites for hydroxylation is 2. The molecule has 0 unspecified atom stereocenters. The molecule has 0 fully saturated rings. The zero-order chi connectivity index (χ0) is 21.7. The lowest BCUT2D eigenvalue weighted by Crippen LogP contribution is -2.41. The Hall–Kier alpha value is -3.12. The van der Waals surface area contributed by atoms with Gasteiger partial charge < -0.3 is 5.32 Å². The van der Waals surface area contributed by atoms with Gasteiger partial charge in [-0.15, -0.1) is 0 Å². The molecule has 3 rings (SSSR count). The van der Waals surface area contributed by atoms with Crippen LogP contribution in [-0.2, 0) is 14.8 Å². The number of carbonyl (C=O) groups is 1. The maximum atomic E-state index is 13.3. The fourth-order valence-electron chi connectivity index (χ4n) is 3.10. The van der Waals surface area contributed by atoms with Crippen LogP contribution in [0.4, 0.5) is 5.69 Å². The van der Waals surface area contributed by atoms with E-state index in [-0.39, 0.29) is 23.4 Å². The smallest absolute Gasteiger partial charge is 0.264 e. The van der Waals surface area contributed by atoms with E-state index in [9.17, 15) is 13.2 Å². The quantitative estimate of drug-likeness (QED) is 0.615. The zero-order valence-electron chi connectivity index (χ0n) is 17.4. The predicted octanol–water partition coefficient (Wildman–Crippen LogP) is 4.38. The van der Waals surface area contributed by atoms with Gasteiger partial charge in [-0.05, 0) is 50.6 Å². The molecular formula is C24H26N2O3S. The predicted molar refractivity (Wildman–Crippen MR) is 120 cm³/mol. The van der Waals surface area contributed by atoms with Crippen LogP contribution in [0.15, 0.2) is 83.8 Å². The number of rotatable bonds is 7. The van der Waals surface area contributed by atoms with Crippen LogP contribution in [0.2, 0.25) is 0 Å². The van der Waals surface area contributed by atoms with E-state index in [1.165, 1.54) is 12.1 Å². The van der Waals surface area contributed by atoms with Crippen LogP contribution in [0.1, 0.15) is 29.7 Å². The van der Waals surface area contributed by atoms with Crippen molar-refractivity contribution in [1.29, 1.82) is 0 Å². The van der Waals surface area contributed by atoms with Gasteiger partial charge in [-0.2, -0.15) is 0 Å². The minimum atomic E-state index is -3.90. The third kappa shape index (κ3) is 5.07. The lowest BCUT2D eigenvalue weighted by molar-refractivity contribution is -0.120. The standard InChI is InChI=1S/C24H26N2O3S/c1-18-9-13-21(14-10-18)20(3)25-24(27)17-26(22-15-11-19(2)12-16-22)30(28,29)23-7-5-4-6-8-23/h4-16,20H,17H2,1-3H3,(H,25,27)/t20-/m0/s1. The molecule has 0 aromatic heterocycles. The first-order valence-electron chi connectivity index (χ1n) is 9.78. The van der Waals surface area contributed by atoms with Crippen LogP contribution >= 0.6 is 0 Å². The molecule has 156 valence electrons. The number of hydrogen-bond donors (Lipinski definition) is 1. The van der Waals surface area contributed by atoms with Crippen molar-refractivity contribution in [1.82, 2.24) is 5.32 Å². The van der Waals surface area contributed by atoms with Gasteiger partial charge in [0.1, 0.15) is 6.54 Å². The highest BCUT2D eigenvalue weighted by molar-refractivity contribution is 7.92. The Balaban J connectivity index is 1.86. The minimum absolute atomic E-state index is 0.143. The van der Waals surface area contributed by atoms with Gasteiger partial charge in [0.25, 0.3) is 10.0 Å². The summed E-state index contributed by atoms with van der Waals surface area (Å²) in [5.41, 5.74) is 3.55. The molecule has 0 spiro atoms. The van der Waals surface area contributed by atoms with E-state index in [4.69, 9.17) is 0 Å². The molecule has 1 atom stereocenters.